The molecule has 0 saturated carbocycles. The van der Waals surface area contributed by atoms with Crippen LogP contribution in [0.1, 0.15) is 32.6 Å². The Labute approximate surface area is 96.4 Å². The fourth-order valence-electron chi connectivity index (χ4n) is 1.60. The summed E-state index contributed by atoms with van der Waals surface area (Å²) in [5, 5.41) is 10.5. The summed E-state index contributed by atoms with van der Waals surface area (Å²) in [5.41, 5.74) is 0. The maximum atomic E-state index is 10.7. The normalized spacial score (nSPS) is 20.3. The molecule has 0 heterocycles. The molecule has 1 aliphatic carbocycles. The number of allylic oxidation sites excluding steroid dienone is 2. The van der Waals surface area contributed by atoms with Crippen LogP contribution in [0.25, 0.3) is 0 Å². The summed E-state index contributed by atoms with van der Waals surface area (Å²) in [7, 11) is 0. The summed E-state index contributed by atoms with van der Waals surface area (Å²) in [6.07, 6.45) is 6.61. The van der Waals surface area contributed by atoms with Crippen LogP contribution >= 0.6 is 6.46 Å². The van der Waals surface area contributed by atoms with Gasteiger partial charge in [-0.1, -0.05) is 0 Å². The number of carbonyl (C=O) groups excluding carboxylic acids is 1. The minimum atomic E-state index is -2.02. The lowest BCUT2D eigenvalue weighted by Crippen LogP contribution is -2.10. The van der Waals surface area contributed by atoms with Crippen LogP contribution in [-0.2, 0) is 21.8 Å². The largest absolute Gasteiger partial charge is 0.545 e. The van der Waals surface area contributed by atoms with Crippen molar-refractivity contribution in [3.63, 3.8) is 0 Å². The zero-order valence-corrected chi connectivity index (χ0v) is 10.7. The van der Waals surface area contributed by atoms with Crippen LogP contribution in [0.3, 0.4) is 0 Å². The van der Waals surface area contributed by atoms with Gasteiger partial charge < -0.3 is 22.1 Å². The lowest BCUT2D eigenvalue weighted by molar-refractivity contribution is -0.138. The predicted molar refractivity (Wildman–Crippen MR) is 64.6 cm³/mol. The maximum Gasteiger partial charge on any atom is 0.305 e. The van der Waals surface area contributed by atoms with Gasteiger partial charge in [0.2, 0.25) is 0 Å². The summed E-state index contributed by atoms with van der Waals surface area (Å²) < 4.78 is 4.96. The first-order chi connectivity index (χ1) is 7.08. The third-order valence-electron chi connectivity index (χ3n) is 2.50. The van der Waals surface area contributed by atoms with Crippen molar-refractivity contribution in [1.29, 1.82) is 0 Å². The summed E-state index contributed by atoms with van der Waals surface area (Å²) >= 11 is 5.46. The van der Waals surface area contributed by atoms with Crippen molar-refractivity contribution in [2.75, 3.05) is 12.7 Å². The molecule has 15 heavy (non-hydrogen) atoms. The van der Waals surface area contributed by atoms with E-state index in [4.69, 9.17) is 17.0 Å². The molecule has 0 aromatic carbocycles. The number of esters is 1. The zero-order chi connectivity index (χ0) is 11.3. The third-order valence-corrected chi connectivity index (χ3v) is 6.32. The minimum absolute atomic E-state index is 0.0402. The Balaban J connectivity index is 2.65. The van der Waals surface area contributed by atoms with Gasteiger partial charge in [0.15, 0.2) is 6.35 Å². The molecular weight excluding hydrogens is 231 g/mol. The number of aliphatic hydroxyl groups is 1. The summed E-state index contributed by atoms with van der Waals surface area (Å²) in [6, 6.07) is 0. The molecule has 1 rings (SSSR count). The molecule has 5 heteroatoms. The number of aliphatic hydroxyl groups excluding tert-OH is 1. The number of hydrogen-bond acceptors (Lipinski definition) is 4. The Kier molecular flexibility index (Phi) is 5.10. The van der Waals surface area contributed by atoms with Crippen LogP contribution in [0.4, 0.5) is 0 Å². The average molecular weight is 248 g/mol. The highest BCUT2D eigenvalue weighted by Crippen LogP contribution is 2.65. The SMILES string of the molecule is CC(=O)OC[P+]([S-])(CO)C1=CCCCC1. The van der Waals surface area contributed by atoms with Crippen molar-refractivity contribution < 1.29 is 14.6 Å². The van der Waals surface area contributed by atoms with Gasteiger partial charge >= 0.3 is 5.97 Å². The van der Waals surface area contributed by atoms with E-state index in [2.05, 4.69) is 6.08 Å². The van der Waals surface area contributed by atoms with Crippen LogP contribution in [0.2, 0.25) is 0 Å². The first kappa shape index (κ1) is 13.0. The molecule has 0 radical (unpaired) electrons. The van der Waals surface area contributed by atoms with Gasteiger partial charge in [0.1, 0.15) is 6.35 Å². The second kappa shape index (κ2) is 5.88. The molecule has 1 atom stereocenters. The van der Waals surface area contributed by atoms with Crippen LogP contribution < -0.4 is 0 Å². The molecule has 0 aromatic rings. The van der Waals surface area contributed by atoms with Gasteiger partial charge in [0, 0.05) is 13.3 Å². The standard InChI is InChI=1S/C10H17O3PS/c1-9(12)13-8-14(15,7-11)10-5-3-2-4-6-10/h5,11H,2-4,6-8H2,1H3. The highest BCUT2D eigenvalue weighted by atomic mass is 32.7. The van der Waals surface area contributed by atoms with Crippen molar-refractivity contribution in [2.45, 2.75) is 32.6 Å². The van der Waals surface area contributed by atoms with Crippen LogP contribution in [-0.4, -0.2) is 23.8 Å². The van der Waals surface area contributed by atoms with E-state index >= 15 is 0 Å². The van der Waals surface area contributed by atoms with Crippen LogP contribution in [0.15, 0.2) is 11.4 Å². The molecule has 1 unspecified atom stereocenters. The van der Waals surface area contributed by atoms with E-state index in [1.165, 1.54) is 13.3 Å². The molecular formula is C10H17O3PS. The molecule has 1 aliphatic rings. The molecule has 0 amide bonds. The number of rotatable bonds is 4. The Hall–Kier alpha value is -0.0500. The smallest absolute Gasteiger partial charge is 0.305 e. The van der Waals surface area contributed by atoms with E-state index in [1.807, 2.05) is 0 Å². The lowest BCUT2D eigenvalue weighted by atomic mass is 10.1. The number of carbonyl (C=O) groups is 1. The molecule has 0 aromatic heterocycles. The topological polar surface area (TPSA) is 46.5 Å². The Morgan fingerprint density at radius 3 is 2.87 bits per heavy atom. The Morgan fingerprint density at radius 2 is 2.40 bits per heavy atom. The van der Waals surface area contributed by atoms with E-state index in [9.17, 15) is 9.90 Å². The van der Waals surface area contributed by atoms with Gasteiger partial charge in [-0.2, -0.15) is 0 Å². The van der Waals surface area contributed by atoms with Crippen molar-refractivity contribution in [3.8, 4) is 0 Å². The number of ether oxygens (including phenoxy) is 1. The summed E-state index contributed by atoms with van der Waals surface area (Å²) in [5.74, 6) is -0.325. The molecule has 0 aliphatic heterocycles. The van der Waals surface area contributed by atoms with Gasteiger partial charge in [0.25, 0.3) is 0 Å². The summed E-state index contributed by atoms with van der Waals surface area (Å²) in [6.45, 7) is -0.655. The lowest BCUT2D eigenvalue weighted by Gasteiger charge is -2.33. The molecule has 0 fully saturated rings. The third kappa shape index (κ3) is 3.78. The highest BCUT2D eigenvalue weighted by Gasteiger charge is 2.30. The first-order valence-corrected chi connectivity index (χ1v) is 8.27. The Bertz CT molecular complexity index is 267. The second-order valence-corrected chi connectivity index (χ2v) is 8.73. The van der Waals surface area contributed by atoms with Gasteiger partial charge in [-0.15, -0.1) is 0 Å². The van der Waals surface area contributed by atoms with E-state index in [-0.39, 0.29) is 18.7 Å². The fraction of sp³-hybridized carbons (Fsp3) is 0.700. The molecule has 0 bridgehead atoms. The average Bonchev–Trinajstić information content (AvgIpc) is 2.27. The minimum Gasteiger partial charge on any atom is -0.545 e. The quantitative estimate of drug-likeness (QED) is 0.471. The Morgan fingerprint density at radius 1 is 1.67 bits per heavy atom. The predicted octanol–water partition coefficient (Wildman–Crippen LogP) is 2.39. The summed E-state index contributed by atoms with van der Waals surface area (Å²) in [4.78, 5) is 10.7. The van der Waals surface area contributed by atoms with Gasteiger partial charge in [-0.05, 0) is 31.8 Å². The van der Waals surface area contributed by atoms with E-state index in [0.29, 0.717) is 0 Å². The van der Waals surface area contributed by atoms with Crippen molar-refractivity contribution >= 4 is 24.7 Å². The van der Waals surface area contributed by atoms with Crippen molar-refractivity contribution in [1.82, 2.24) is 0 Å². The van der Waals surface area contributed by atoms with E-state index < -0.39 is 6.46 Å². The molecule has 0 saturated heterocycles. The highest BCUT2D eigenvalue weighted by molar-refractivity contribution is 8.43. The van der Waals surface area contributed by atoms with Gasteiger partial charge in [-0.3, -0.25) is 4.79 Å². The first-order valence-electron chi connectivity index (χ1n) is 5.10. The van der Waals surface area contributed by atoms with Gasteiger partial charge in [0.05, 0.1) is 5.31 Å². The number of hydrogen-bond donors (Lipinski definition) is 1. The van der Waals surface area contributed by atoms with Crippen LogP contribution in [0, 0.1) is 0 Å². The monoisotopic (exact) mass is 248 g/mol. The van der Waals surface area contributed by atoms with Crippen molar-refractivity contribution in [2.24, 2.45) is 0 Å². The van der Waals surface area contributed by atoms with Crippen LogP contribution in [0.5, 0.6) is 0 Å². The molecule has 86 valence electrons. The molecule has 3 nitrogen and oxygen atoms in total. The maximum absolute atomic E-state index is 10.7. The zero-order valence-electron chi connectivity index (χ0n) is 8.94. The second-order valence-electron chi connectivity index (χ2n) is 3.74. The fourth-order valence-corrected chi connectivity index (χ4v) is 4.10. The molecule has 0 spiro atoms. The van der Waals surface area contributed by atoms with E-state index in [1.54, 1.807) is 0 Å². The molecule has 1 N–H and O–H groups in total. The van der Waals surface area contributed by atoms with E-state index in [0.717, 1.165) is 24.6 Å². The van der Waals surface area contributed by atoms with Crippen molar-refractivity contribution in [3.05, 3.63) is 11.4 Å². The van der Waals surface area contributed by atoms with Gasteiger partial charge in [-0.25, -0.2) is 0 Å².